The Morgan fingerprint density at radius 1 is 1.07 bits per heavy atom. The fourth-order valence-corrected chi connectivity index (χ4v) is 3.95. The zero-order chi connectivity index (χ0) is 21.0. The molecule has 1 amide bonds. The molecule has 0 saturated carbocycles. The number of aliphatic hydroxyl groups is 1. The van der Waals surface area contributed by atoms with E-state index in [9.17, 15) is 14.7 Å². The van der Waals surface area contributed by atoms with Gasteiger partial charge in [0.2, 0.25) is 0 Å². The Balaban J connectivity index is 1.69. The zero-order valence-electron chi connectivity index (χ0n) is 16.7. The van der Waals surface area contributed by atoms with Crippen molar-refractivity contribution in [1.29, 1.82) is 0 Å². The minimum Gasteiger partial charge on any atom is -0.481 e. The summed E-state index contributed by atoms with van der Waals surface area (Å²) in [6, 6.07) is 15.5. The van der Waals surface area contributed by atoms with Crippen LogP contribution in [0.5, 0.6) is 0 Å². The van der Waals surface area contributed by atoms with Gasteiger partial charge in [-0.3, -0.25) is 4.79 Å². The van der Waals surface area contributed by atoms with E-state index < -0.39 is 30.6 Å². The number of carbonyl (C=O) groups is 2. The Hall–Kier alpha value is -2.86. The minimum absolute atomic E-state index is 0.0564. The number of ether oxygens (including phenoxy) is 1. The van der Waals surface area contributed by atoms with Crippen LogP contribution in [0.2, 0.25) is 0 Å². The van der Waals surface area contributed by atoms with Crippen LogP contribution in [0.1, 0.15) is 43.7 Å². The second kappa shape index (κ2) is 9.09. The van der Waals surface area contributed by atoms with Crippen molar-refractivity contribution in [2.45, 2.75) is 44.8 Å². The molecule has 1 aliphatic carbocycles. The van der Waals surface area contributed by atoms with Gasteiger partial charge < -0.3 is 20.3 Å². The van der Waals surface area contributed by atoms with Gasteiger partial charge in [-0.1, -0.05) is 68.8 Å². The molecule has 0 bridgehead atoms. The molecular formula is C23H27NO5. The highest BCUT2D eigenvalue weighted by Crippen LogP contribution is 2.44. The second-order valence-electron chi connectivity index (χ2n) is 7.55. The SMILES string of the molecule is CC[C@H](C)C(NC(=O)OCC1c2ccccc2-c2ccccc21)[C@@H](O)CC(=O)O. The van der Waals surface area contributed by atoms with Crippen LogP contribution in [0.25, 0.3) is 11.1 Å². The molecule has 0 aliphatic heterocycles. The quantitative estimate of drug-likeness (QED) is 0.630. The third-order valence-electron chi connectivity index (χ3n) is 5.68. The van der Waals surface area contributed by atoms with E-state index >= 15 is 0 Å². The number of fused-ring (bicyclic) bond motifs is 3. The zero-order valence-corrected chi connectivity index (χ0v) is 16.7. The Morgan fingerprint density at radius 3 is 2.14 bits per heavy atom. The molecule has 6 nitrogen and oxygen atoms in total. The first-order chi connectivity index (χ1) is 13.9. The lowest BCUT2D eigenvalue weighted by Gasteiger charge is -2.28. The number of carbonyl (C=O) groups excluding carboxylic acids is 1. The van der Waals surface area contributed by atoms with Crippen LogP contribution in [0, 0.1) is 5.92 Å². The van der Waals surface area contributed by atoms with Crippen molar-refractivity contribution < 1.29 is 24.5 Å². The number of aliphatic carboxylic acids is 1. The van der Waals surface area contributed by atoms with Gasteiger partial charge in [-0.05, 0) is 28.2 Å². The van der Waals surface area contributed by atoms with Crippen molar-refractivity contribution >= 4 is 12.1 Å². The molecule has 1 unspecified atom stereocenters. The summed E-state index contributed by atoms with van der Waals surface area (Å²) in [6.07, 6.45) is -1.58. The Labute approximate surface area is 170 Å². The maximum Gasteiger partial charge on any atom is 0.407 e. The summed E-state index contributed by atoms with van der Waals surface area (Å²) in [6.45, 7) is 3.95. The molecule has 0 fully saturated rings. The molecule has 29 heavy (non-hydrogen) atoms. The molecule has 0 saturated heterocycles. The average Bonchev–Trinajstić information content (AvgIpc) is 3.03. The first kappa shape index (κ1) is 20.9. The van der Waals surface area contributed by atoms with Gasteiger partial charge in [-0.25, -0.2) is 4.79 Å². The lowest BCUT2D eigenvalue weighted by Crippen LogP contribution is -2.48. The normalized spacial score (nSPS) is 15.7. The third kappa shape index (κ3) is 4.59. The maximum atomic E-state index is 12.5. The molecule has 154 valence electrons. The number of carboxylic acids is 1. The number of benzene rings is 2. The standard InChI is InChI=1S/C23H27NO5/c1-3-14(2)22(20(25)12-21(26)27)24-23(28)29-13-19-17-10-6-4-8-15(17)16-9-5-7-11-18(16)19/h4-11,14,19-20,22,25H,3,12-13H2,1-2H3,(H,24,28)(H,26,27)/t14-,20-,22?/m0/s1. The number of nitrogens with one attached hydrogen (secondary N) is 1. The highest BCUT2D eigenvalue weighted by Gasteiger charge is 2.31. The number of hydrogen-bond donors (Lipinski definition) is 3. The minimum atomic E-state index is -1.18. The maximum absolute atomic E-state index is 12.5. The van der Waals surface area contributed by atoms with E-state index in [1.807, 2.05) is 50.2 Å². The summed E-state index contributed by atoms with van der Waals surface area (Å²) in [5.41, 5.74) is 4.52. The molecule has 0 heterocycles. The average molecular weight is 397 g/mol. The lowest BCUT2D eigenvalue weighted by atomic mass is 9.93. The first-order valence-electron chi connectivity index (χ1n) is 9.93. The van der Waals surface area contributed by atoms with Crippen molar-refractivity contribution in [2.75, 3.05) is 6.61 Å². The third-order valence-corrected chi connectivity index (χ3v) is 5.68. The highest BCUT2D eigenvalue weighted by molar-refractivity contribution is 5.79. The molecule has 2 aromatic rings. The fraction of sp³-hybridized carbons (Fsp3) is 0.391. The summed E-state index contributed by atoms with van der Waals surface area (Å²) in [5, 5.41) is 21.8. The number of aliphatic hydroxyl groups excluding tert-OH is 1. The van der Waals surface area contributed by atoms with Gasteiger partial charge in [0, 0.05) is 5.92 Å². The summed E-state index contributed by atoms with van der Waals surface area (Å²) in [7, 11) is 0. The largest absolute Gasteiger partial charge is 0.481 e. The number of amides is 1. The van der Waals surface area contributed by atoms with E-state index in [0.29, 0.717) is 6.42 Å². The van der Waals surface area contributed by atoms with Crippen LogP contribution in [0.4, 0.5) is 4.79 Å². The van der Waals surface area contributed by atoms with E-state index in [2.05, 4.69) is 17.4 Å². The summed E-state index contributed by atoms with van der Waals surface area (Å²) in [5.74, 6) is -1.26. The Morgan fingerprint density at radius 2 is 1.62 bits per heavy atom. The van der Waals surface area contributed by atoms with Crippen molar-refractivity contribution in [3.05, 3.63) is 59.7 Å². The van der Waals surface area contributed by atoms with Gasteiger partial charge in [0.25, 0.3) is 0 Å². The van der Waals surface area contributed by atoms with E-state index in [-0.39, 0.29) is 18.4 Å². The van der Waals surface area contributed by atoms with E-state index in [1.54, 1.807) is 0 Å². The topological polar surface area (TPSA) is 95.9 Å². The predicted octanol–water partition coefficient (Wildman–Crippen LogP) is 3.78. The summed E-state index contributed by atoms with van der Waals surface area (Å²) >= 11 is 0. The second-order valence-corrected chi connectivity index (χ2v) is 7.55. The van der Waals surface area contributed by atoms with Gasteiger partial charge in [0.15, 0.2) is 0 Å². The van der Waals surface area contributed by atoms with E-state index in [4.69, 9.17) is 9.84 Å². The van der Waals surface area contributed by atoms with Crippen LogP contribution >= 0.6 is 0 Å². The number of hydrogen-bond acceptors (Lipinski definition) is 4. The molecule has 1 aliphatic rings. The smallest absolute Gasteiger partial charge is 0.407 e. The van der Waals surface area contributed by atoms with Crippen LogP contribution < -0.4 is 5.32 Å². The molecule has 3 rings (SSSR count). The van der Waals surface area contributed by atoms with Gasteiger partial charge in [-0.2, -0.15) is 0 Å². The van der Waals surface area contributed by atoms with E-state index in [0.717, 1.165) is 22.3 Å². The van der Waals surface area contributed by atoms with Crippen LogP contribution in [-0.2, 0) is 9.53 Å². The van der Waals surface area contributed by atoms with Gasteiger partial charge >= 0.3 is 12.1 Å². The first-order valence-corrected chi connectivity index (χ1v) is 9.93. The van der Waals surface area contributed by atoms with Crippen LogP contribution in [0.3, 0.4) is 0 Å². The molecule has 0 spiro atoms. The van der Waals surface area contributed by atoms with Crippen LogP contribution in [-0.4, -0.2) is 41.0 Å². The summed E-state index contributed by atoms with van der Waals surface area (Å²) < 4.78 is 5.51. The fourth-order valence-electron chi connectivity index (χ4n) is 3.95. The summed E-state index contributed by atoms with van der Waals surface area (Å²) in [4.78, 5) is 23.4. The number of alkyl carbamates (subject to hydrolysis) is 1. The number of rotatable bonds is 8. The van der Waals surface area contributed by atoms with Crippen LogP contribution in [0.15, 0.2) is 48.5 Å². The molecule has 6 heteroatoms. The molecule has 3 atom stereocenters. The van der Waals surface area contributed by atoms with Gasteiger partial charge in [0.05, 0.1) is 18.6 Å². The van der Waals surface area contributed by atoms with E-state index in [1.165, 1.54) is 0 Å². The van der Waals surface area contributed by atoms with Gasteiger partial charge in [0.1, 0.15) is 6.61 Å². The monoisotopic (exact) mass is 397 g/mol. The molecule has 0 aromatic heterocycles. The lowest BCUT2D eigenvalue weighted by molar-refractivity contribution is -0.139. The van der Waals surface area contributed by atoms with Crippen molar-refractivity contribution in [3.63, 3.8) is 0 Å². The molecule has 0 radical (unpaired) electrons. The molecule has 2 aromatic carbocycles. The van der Waals surface area contributed by atoms with Gasteiger partial charge in [-0.15, -0.1) is 0 Å². The molecular weight excluding hydrogens is 370 g/mol. The Bertz CT molecular complexity index is 836. The molecule has 3 N–H and O–H groups in total. The van der Waals surface area contributed by atoms with Crippen molar-refractivity contribution in [2.24, 2.45) is 5.92 Å². The van der Waals surface area contributed by atoms with Crippen molar-refractivity contribution in [1.82, 2.24) is 5.32 Å². The predicted molar refractivity (Wildman–Crippen MR) is 110 cm³/mol. The number of carboxylic acid groups (broad SMARTS) is 1. The Kier molecular flexibility index (Phi) is 6.54. The highest BCUT2D eigenvalue weighted by atomic mass is 16.5. The van der Waals surface area contributed by atoms with Crippen molar-refractivity contribution in [3.8, 4) is 11.1 Å².